The average molecular weight is 349 g/mol. The van der Waals surface area contributed by atoms with Gasteiger partial charge >= 0.3 is 5.97 Å². The minimum absolute atomic E-state index is 0.0727. The summed E-state index contributed by atoms with van der Waals surface area (Å²) >= 11 is 5.89. The Labute approximate surface area is 136 Å². The van der Waals surface area contributed by atoms with E-state index in [9.17, 15) is 13.2 Å². The largest absolute Gasteiger partial charge is 0.465 e. The number of esters is 1. The third-order valence-electron chi connectivity index (χ3n) is 2.96. The van der Waals surface area contributed by atoms with Gasteiger partial charge in [0.15, 0.2) is 0 Å². The van der Waals surface area contributed by atoms with Gasteiger partial charge < -0.3 is 10.5 Å². The van der Waals surface area contributed by atoms with Crippen molar-refractivity contribution < 1.29 is 17.9 Å². The number of benzene rings is 1. The lowest BCUT2D eigenvalue weighted by atomic mass is 10.1. The molecular weight excluding hydrogens is 328 g/mol. The predicted octanol–water partition coefficient (Wildman–Crippen LogP) is 1.78. The average Bonchev–Trinajstić information content (AvgIpc) is 2.44. The van der Waals surface area contributed by atoms with Gasteiger partial charge in [0.05, 0.1) is 17.6 Å². The van der Waals surface area contributed by atoms with Crippen LogP contribution in [0.5, 0.6) is 0 Å². The molecule has 8 heteroatoms. The van der Waals surface area contributed by atoms with Crippen LogP contribution in [0.15, 0.2) is 23.1 Å². The molecule has 1 aromatic carbocycles. The fraction of sp³-hybridized carbons (Fsp3) is 0.500. The van der Waals surface area contributed by atoms with Gasteiger partial charge in [-0.25, -0.2) is 17.9 Å². The molecular formula is C14H21ClN2O4S. The van der Waals surface area contributed by atoms with Crippen LogP contribution in [0.2, 0.25) is 5.02 Å². The second kappa shape index (κ2) is 7.92. The molecule has 0 aliphatic carbocycles. The molecule has 0 spiro atoms. The monoisotopic (exact) mass is 348 g/mol. The third-order valence-corrected chi connectivity index (χ3v) is 4.68. The minimum atomic E-state index is -3.83. The van der Waals surface area contributed by atoms with Crippen molar-refractivity contribution in [2.24, 2.45) is 11.7 Å². The quantitative estimate of drug-likeness (QED) is 0.732. The molecule has 3 N–H and O–H groups in total. The number of carbonyl (C=O) groups excluding carboxylic acids is 1. The summed E-state index contributed by atoms with van der Waals surface area (Å²) in [5, 5.41) is 0.136. The number of ether oxygens (including phenoxy) is 1. The zero-order valence-corrected chi connectivity index (χ0v) is 14.4. The molecule has 0 saturated heterocycles. The van der Waals surface area contributed by atoms with Gasteiger partial charge in [-0.2, -0.15) is 0 Å². The highest BCUT2D eigenvalue weighted by atomic mass is 35.5. The van der Waals surface area contributed by atoms with Crippen molar-refractivity contribution in [1.82, 2.24) is 4.72 Å². The molecule has 22 heavy (non-hydrogen) atoms. The Bertz CT molecular complexity index is 632. The van der Waals surface area contributed by atoms with E-state index in [4.69, 9.17) is 17.3 Å². The first-order valence-electron chi connectivity index (χ1n) is 6.81. The van der Waals surface area contributed by atoms with Crippen molar-refractivity contribution in [3.63, 3.8) is 0 Å². The van der Waals surface area contributed by atoms with Crippen LogP contribution in [0.4, 0.5) is 0 Å². The number of carbonyl (C=O) groups is 1. The smallest absolute Gasteiger partial charge is 0.337 e. The summed E-state index contributed by atoms with van der Waals surface area (Å²) in [6.45, 7) is 4.14. The van der Waals surface area contributed by atoms with Crippen molar-refractivity contribution in [2.45, 2.75) is 31.2 Å². The fourth-order valence-corrected chi connectivity index (χ4v) is 3.63. The van der Waals surface area contributed by atoms with Crippen LogP contribution < -0.4 is 10.5 Å². The summed E-state index contributed by atoms with van der Waals surface area (Å²) in [6.07, 6.45) is 0.611. The molecule has 0 bridgehead atoms. The molecule has 0 amide bonds. The van der Waals surface area contributed by atoms with E-state index in [0.29, 0.717) is 12.3 Å². The Kier molecular flexibility index (Phi) is 6.80. The van der Waals surface area contributed by atoms with Crippen molar-refractivity contribution in [3.8, 4) is 0 Å². The van der Waals surface area contributed by atoms with Gasteiger partial charge in [0, 0.05) is 17.6 Å². The first kappa shape index (κ1) is 18.9. The number of nitrogens with one attached hydrogen (secondary N) is 1. The predicted molar refractivity (Wildman–Crippen MR) is 85.4 cm³/mol. The number of hydrogen-bond acceptors (Lipinski definition) is 5. The molecule has 6 nitrogen and oxygen atoms in total. The van der Waals surface area contributed by atoms with Crippen LogP contribution in [0.1, 0.15) is 30.6 Å². The highest BCUT2D eigenvalue weighted by Gasteiger charge is 2.22. The molecule has 1 aromatic rings. The summed E-state index contributed by atoms with van der Waals surface area (Å²) in [7, 11) is -2.62. The van der Waals surface area contributed by atoms with E-state index in [1.165, 1.54) is 25.3 Å². The van der Waals surface area contributed by atoms with Crippen molar-refractivity contribution in [1.29, 1.82) is 0 Å². The van der Waals surface area contributed by atoms with Crippen molar-refractivity contribution in [2.75, 3.05) is 13.7 Å². The number of sulfonamides is 1. The van der Waals surface area contributed by atoms with Gasteiger partial charge in [-0.15, -0.1) is 0 Å². The maximum absolute atomic E-state index is 12.4. The number of methoxy groups -OCH3 is 1. The topological polar surface area (TPSA) is 98.5 Å². The Morgan fingerprint density at radius 2 is 2.00 bits per heavy atom. The second-order valence-corrected chi connectivity index (χ2v) is 7.50. The first-order chi connectivity index (χ1) is 10.2. The Morgan fingerprint density at radius 3 is 2.50 bits per heavy atom. The number of rotatable bonds is 7. The molecule has 0 aliphatic heterocycles. The van der Waals surface area contributed by atoms with Gasteiger partial charge in [0.1, 0.15) is 0 Å². The van der Waals surface area contributed by atoms with Crippen molar-refractivity contribution in [3.05, 3.63) is 28.8 Å². The van der Waals surface area contributed by atoms with Crippen LogP contribution >= 0.6 is 11.6 Å². The Morgan fingerprint density at radius 1 is 1.36 bits per heavy atom. The minimum Gasteiger partial charge on any atom is -0.465 e. The molecule has 0 saturated carbocycles. The highest BCUT2D eigenvalue weighted by molar-refractivity contribution is 7.89. The Hall–Kier alpha value is -1.15. The normalized spacial score (nSPS) is 13.2. The zero-order valence-electron chi connectivity index (χ0n) is 12.8. The lowest BCUT2D eigenvalue weighted by molar-refractivity contribution is 0.0600. The maximum Gasteiger partial charge on any atom is 0.337 e. The van der Waals surface area contributed by atoms with Crippen LogP contribution in [0, 0.1) is 5.92 Å². The van der Waals surface area contributed by atoms with E-state index in [-0.39, 0.29) is 28.1 Å². The maximum atomic E-state index is 12.4. The van der Waals surface area contributed by atoms with Crippen LogP contribution in [-0.2, 0) is 14.8 Å². The first-order valence-corrected chi connectivity index (χ1v) is 8.67. The molecule has 0 fully saturated rings. The van der Waals surface area contributed by atoms with E-state index in [0.717, 1.165) is 0 Å². The molecule has 1 atom stereocenters. The van der Waals surface area contributed by atoms with Crippen LogP contribution in [0.25, 0.3) is 0 Å². The summed E-state index contributed by atoms with van der Waals surface area (Å²) < 4.78 is 32.0. The number of nitrogens with two attached hydrogens (primary N) is 1. The van der Waals surface area contributed by atoms with E-state index in [1.54, 1.807) is 0 Å². The lowest BCUT2D eigenvalue weighted by Gasteiger charge is -2.19. The summed E-state index contributed by atoms with van der Waals surface area (Å²) in [4.78, 5) is 11.5. The summed E-state index contributed by atoms with van der Waals surface area (Å²) in [6, 6.07) is 3.47. The van der Waals surface area contributed by atoms with Crippen LogP contribution in [0.3, 0.4) is 0 Å². The summed E-state index contributed by atoms with van der Waals surface area (Å²) in [5.74, 6) is -0.363. The molecule has 0 aliphatic rings. The Balaban J connectivity index is 3.11. The van der Waals surface area contributed by atoms with E-state index < -0.39 is 16.0 Å². The van der Waals surface area contributed by atoms with Gasteiger partial charge in [0.25, 0.3) is 0 Å². The van der Waals surface area contributed by atoms with Crippen molar-refractivity contribution >= 4 is 27.6 Å². The molecule has 0 aromatic heterocycles. The summed E-state index contributed by atoms with van der Waals surface area (Å²) in [5.41, 5.74) is 5.68. The lowest BCUT2D eigenvalue weighted by Crippen LogP contribution is -2.41. The van der Waals surface area contributed by atoms with E-state index in [2.05, 4.69) is 9.46 Å². The van der Waals surface area contributed by atoms with Gasteiger partial charge in [0.2, 0.25) is 10.0 Å². The highest BCUT2D eigenvalue weighted by Crippen LogP contribution is 2.20. The zero-order chi connectivity index (χ0) is 16.9. The van der Waals surface area contributed by atoms with E-state index in [1.807, 2.05) is 13.8 Å². The standard InChI is InChI=1S/C14H21ClN2O4S/c1-9(2)4-12(8-16)17-22(19,20)13-6-10(14(18)21-3)5-11(15)7-13/h5-7,9,12,17H,4,8,16H2,1-3H3. The molecule has 0 radical (unpaired) electrons. The SMILES string of the molecule is COC(=O)c1cc(Cl)cc(S(=O)(=O)NC(CN)CC(C)C)c1. The molecule has 0 heterocycles. The van der Waals surface area contributed by atoms with E-state index >= 15 is 0 Å². The fourth-order valence-electron chi connectivity index (χ4n) is 2.00. The van der Waals surface area contributed by atoms with Gasteiger partial charge in [-0.1, -0.05) is 25.4 Å². The van der Waals surface area contributed by atoms with Crippen LogP contribution in [-0.4, -0.2) is 34.1 Å². The second-order valence-electron chi connectivity index (χ2n) is 5.35. The molecule has 1 unspecified atom stereocenters. The number of halogens is 1. The molecule has 124 valence electrons. The van der Waals surface area contributed by atoms with Gasteiger partial charge in [-0.05, 0) is 30.5 Å². The van der Waals surface area contributed by atoms with Gasteiger partial charge in [-0.3, -0.25) is 0 Å². The molecule has 1 rings (SSSR count). The number of hydrogen-bond donors (Lipinski definition) is 2. The third kappa shape index (κ3) is 5.24.